The molecule has 5 nitrogen and oxygen atoms in total. The Morgan fingerprint density at radius 3 is 1.86 bits per heavy atom. The highest BCUT2D eigenvalue weighted by atomic mass is 16.7. The molecule has 0 radical (unpaired) electrons. The van der Waals surface area contributed by atoms with E-state index in [0.717, 1.165) is 37.9 Å². The van der Waals surface area contributed by atoms with E-state index in [-0.39, 0.29) is 6.10 Å². The number of aryl methyl sites for hydroxylation is 1. The fourth-order valence-electron chi connectivity index (χ4n) is 4.34. The number of carboxylic acid groups (broad SMARTS) is 1. The van der Waals surface area contributed by atoms with Gasteiger partial charge in [0.1, 0.15) is 12.4 Å². The van der Waals surface area contributed by atoms with Crippen LogP contribution in [-0.4, -0.2) is 37.7 Å². The highest BCUT2D eigenvalue weighted by Crippen LogP contribution is 2.24. The SMILES string of the molecule is CCC(C)C(COc1ccc(-c2ccc(CCCCCCCCCCCOC(=O)O)cc2)cc1)OC. The molecule has 2 rings (SSSR count). The summed E-state index contributed by atoms with van der Waals surface area (Å²) in [5.41, 5.74) is 3.83. The van der Waals surface area contributed by atoms with Crippen molar-refractivity contribution in [1.29, 1.82) is 0 Å². The fraction of sp³-hybridized carbons (Fsp3) is 0.581. The second-order valence-corrected chi connectivity index (χ2v) is 9.74. The van der Waals surface area contributed by atoms with Gasteiger partial charge in [-0.2, -0.15) is 0 Å². The maximum atomic E-state index is 10.3. The first kappa shape index (κ1) is 29.7. The first-order valence-electron chi connectivity index (χ1n) is 13.7. The molecular weight excluding hydrogens is 452 g/mol. The van der Waals surface area contributed by atoms with Crippen molar-refractivity contribution in [1.82, 2.24) is 0 Å². The first-order valence-corrected chi connectivity index (χ1v) is 13.7. The van der Waals surface area contributed by atoms with E-state index in [1.165, 1.54) is 55.2 Å². The monoisotopic (exact) mass is 498 g/mol. The molecule has 0 aliphatic rings. The molecule has 0 fully saturated rings. The van der Waals surface area contributed by atoms with Crippen LogP contribution in [0.3, 0.4) is 0 Å². The molecule has 1 N–H and O–H groups in total. The van der Waals surface area contributed by atoms with Gasteiger partial charge in [0.15, 0.2) is 0 Å². The third-order valence-electron chi connectivity index (χ3n) is 6.97. The molecule has 5 heteroatoms. The predicted octanol–water partition coefficient (Wildman–Crippen LogP) is 8.54. The summed E-state index contributed by atoms with van der Waals surface area (Å²) in [4.78, 5) is 10.3. The van der Waals surface area contributed by atoms with Crippen molar-refractivity contribution in [3.63, 3.8) is 0 Å². The van der Waals surface area contributed by atoms with Crippen molar-refractivity contribution in [2.24, 2.45) is 5.92 Å². The van der Waals surface area contributed by atoms with Gasteiger partial charge in [-0.15, -0.1) is 0 Å². The van der Waals surface area contributed by atoms with Crippen LogP contribution in [0.2, 0.25) is 0 Å². The number of hydrogen-bond acceptors (Lipinski definition) is 4. The van der Waals surface area contributed by atoms with E-state index in [4.69, 9.17) is 14.6 Å². The zero-order valence-electron chi connectivity index (χ0n) is 22.5. The molecule has 0 aliphatic carbocycles. The molecule has 2 aromatic rings. The molecule has 2 unspecified atom stereocenters. The number of unbranched alkanes of at least 4 members (excludes halogenated alkanes) is 8. The molecular formula is C31H46O5. The van der Waals surface area contributed by atoms with Gasteiger partial charge >= 0.3 is 6.16 Å². The van der Waals surface area contributed by atoms with Crippen LogP contribution in [0.15, 0.2) is 48.5 Å². The Morgan fingerprint density at radius 1 is 0.806 bits per heavy atom. The van der Waals surface area contributed by atoms with Gasteiger partial charge in [-0.05, 0) is 54.0 Å². The second-order valence-electron chi connectivity index (χ2n) is 9.74. The number of hydrogen-bond donors (Lipinski definition) is 1. The summed E-state index contributed by atoms with van der Waals surface area (Å²) in [6.45, 7) is 5.27. The van der Waals surface area contributed by atoms with Crippen molar-refractivity contribution in [2.45, 2.75) is 90.6 Å². The number of benzene rings is 2. The minimum atomic E-state index is -1.17. The van der Waals surface area contributed by atoms with Crippen LogP contribution in [0.25, 0.3) is 11.1 Å². The largest absolute Gasteiger partial charge is 0.505 e. The van der Waals surface area contributed by atoms with Crippen LogP contribution in [0.1, 0.15) is 83.6 Å². The van der Waals surface area contributed by atoms with Crippen molar-refractivity contribution in [2.75, 3.05) is 20.3 Å². The van der Waals surface area contributed by atoms with Crippen LogP contribution < -0.4 is 4.74 Å². The Hall–Kier alpha value is -2.53. The smallest absolute Gasteiger partial charge is 0.491 e. The molecule has 2 atom stereocenters. The van der Waals surface area contributed by atoms with E-state index in [1.54, 1.807) is 7.11 Å². The van der Waals surface area contributed by atoms with Crippen LogP contribution in [0.5, 0.6) is 5.75 Å². The van der Waals surface area contributed by atoms with Crippen molar-refractivity contribution < 1.29 is 24.1 Å². The molecule has 0 amide bonds. The van der Waals surface area contributed by atoms with E-state index in [2.05, 4.69) is 55.0 Å². The Bertz CT molecular complexity index is 831. The van der Waals surface area contributed by atoms with E-state index in [9.17, 15) is 4.79 Å². The van der Waals surface area contributed by atoms with Crippen molar-refractivity contribution in [3.8, 4) is 16.9 Å². The lowest BCUT2D eigenvalue weighted by molar-refractivity contribution is 0.0197. The lowest BCUT2D eigenvalue weighted by Crippen LogP contribution is -2.27. The average molecular weight is 499 g/mol. The molecule has 0 bridgehead atoms. The maximum Gasteiger partial charge on any atom is 0.505 e. The number of methoxy groups -OCH3 is 1. The summed E-state index contributed by atoms with van der Waals surface area (Å²) < 4.78 is 16.0. The van der Waals surface area contributed by atoms with Gasteiger partial charge < -0.3 is 19.3 Å². The third-order valence-corrected chi connectivity index (χ3v) is 6.97. The number of carbonyl (C=O) groups is 1. The normalized spacial score (nSPS) is 12.8. The summed E-state index contributed by atoms with van der Waals surface area (Å²) >= 11 is 0. The lowest BCUT2D eigenvalue weighted by atomic mass is 10.0. The van der Waals surface area contributed by atoms with Crippen molar-refractivity contribution >= 4 is 6.16 Å². The summed E-state index contributed by atoms with van der Waals surface area (Å²) in [7, 11) is 1.75. The summed E-state index contributed by atoms with van der Waals surface area (Å²) in [5.74, 6) is 1.36. The first-order chi connectivity index (χ1) is 17.5. The predicted molar refractivity (Wildman–Crippen MR) is 147 cm³/mol. The minimum Gasteiger partial charge on any atom is -0.491 e. The topological polar surface area (TPSA) is 65.0 Å². The minimum absolute atomic E-state index is 0.117. The van der Waals surface area contributed by atoms with Gasteiger partial charge in [0.25, 0.3) is 0 Å². The van der Waals surface area contributed by atoms with Gasteiger partial charge in [-0.25, -0.2) is 4.79 Å². The standard InChI is InChI=1S/C31H46O5/c1-4-25(2)30(34-3)24-36-29-21-19-28(20-22-29)27-17-15-26(16-18-27)14-12-10-8-6-5-7-9-11-13-23-35-31(32)33/h15-22,25,30H,4-14,23-24H2,1-3H3,(H,32,33). The van der Waals surface area contributed by atoms with E-state index >= 15 is 0 Å². The van der Waals surface area contributed by atoms with Gasteiger partial charge in [0.05, 0.1) is 12.7 Å². The fourth-order valence-corrected chi connectivity index (χ4v) is 4.34. The zero-order chi connectivity index (χ0) is 26.0. The molecule has 0 saturated heterocycles. The highest BCUT2D eigenvalue weighted by Gasteiger charge is 2.15. The second kappa shape index (κ2) is 17.8. The molecule has 0 aromatic heterocycles. The molecule has 200 valence electrons. The molecule has 0 spiro atoms. The number of ether oxygens (including phenoxy) is 3. The molecule has 0 aliphatic heterocycles. The van der Waals surface area contributed by atoms with E-state index < -0.39 is 6.16 Å². The lowest BCUT2D eigenvalue weighted by Gasteiger charge is -2.21. The molecule has 2 aromatic carbocycles. The van der Waals surface area contributed by atoms with E-state index in [1.807, 2.05) is 12.1 Å². The quantitative estimate of drug-likeness (QED) is 0.155. The Balaban J connectivity index is 1.59. The van der Waals surface area contributed by atoms with Gasteiger partial charge in [-0.1, -0.05) is 102 Å². The molecule has 0 saturated carbocycles. The summed E-state index contributed by atoms with van der Waals surface area (Å²) in [6.07, 6.45) is 11.8. The average Bonchev–Trinajstić information content (AvgIpc) is 2.90. The van der Waals surface area contributed by atoms with Crippen LogP contribution in [0.4, 0.5) is 4.79 Å². The highest BCUT2D eigenvalue weighted by molar-refractivity contribution is 5.64. The zero-order valence-corrected chi connectivity index (χ0v) is 22.5. The van der Waals surface area contributed by atoms with Crippen LogP contribution >= 0.6 is 0 Å². The Morgan fingerprint density at radius 2 is 1.33 bits per heavy atom. The third kappa shape index (κ3) is 11.9. The summed E-state index contributed by atoms with van der Waals surface area (Å²) in [6, 6.07) is 17.3. The molecule has 0 heterocycles. The van der Waals surface area contributed by atoms with Crippen LogP contribution in [0, 0.1) is 5.92 Å². The Kier molecular flexibility index (Phi) is 14.7. The van der Waals surface area contributed by atoms with Gasteiger partial charge in [0.2, 0.25) is 0 Å². The van der Waals surface area contributed by atoms with E-state index in [0.29, 0.717) is 19.1 Å². The molecule has 36 heavy (non-hydrogen) atoms. The van der Waals surface area contributed by atoms with Gasteiger partial charge in [-0.3, -0.25) is 0 Å². The van der Waals surface area contributed by atoms with Crippen molar-refractivity contribution in [3.05, 3.63) is 54.1 Å². The Labute approximate surface area is 218 Å². The van der Waals surface area contributed by atoms with Gasteiger partial charge in [0, 0.05) is 7.11 Å². The van der Waals surface area contributed by atoms with Crippen LogP contribution in [-0.2, 0) is 15.9 Å². The maximum absolute atomic E-state index is 10.3. The summed E-state index contributed by atoms with van der Waals surface area (Å²) in [5, 5.41) is 8.42. The number of rotatable bonds is 19.